The average Bonchev–Trinajstić information content (AvgIpc) is 2.55. The van der Waals surface area contributed by atoms with Crippen LogP contribution in [0.2, 0.25) is 0 Å². The molecule has 1 atom stereocenters. The molecular formula is C8H16N2O2. The smallest absolute Gasteiger partial charge is 0.251 e. The standard InChI is InChI=1S/C8H16N2O2/c9-4-3-7(11)8(12)10-5-1-2-6-10/h7,11H,1-6,9H2/t7-/m0/s1. The average molecular weight is 172 g/mol. The minimum Gasteiger partial charge on any atom is -0.383 e. The zero-order chi connectivity index (χ0) is 8.97. The number of rotatable bonds is 3. The monoisotopic (exact) mass is 172 g/mol. The first-order chi connectivity index (χ1) is 5.75. The summed E-state index contributed by atoms with van der Waals surface area (Å²) in [4.78, 5) is 13.1. The molecule has 0 spiro atoms. The maximum absolute atomic E-state index is 11.4. The number of aliphatic hydroxyl groups excluding tert-OH is 1. The lowest BCUT2D eigenvalue weighted by atomic mass is 10.2. The molecule has 3 N–H and O–H groups in total. The van der Waals surface area contributed by atoms with Gasteiger partial charge in [-0.3, -0.25) is 4.79 Å². The van der Waals surface area contributed by atoms with E-state index in [0.29, 0.717) is 13.0 Å². The molecule has 0 aromatic heterocycles. The molecule has 0 aliphatic carbocycles. The van der Waals surface area contributed by atoms with Crippen LogP contribution in [0.3, 0.4) is 0 Å². The number of nitrogens with zero attached hydrogens (tertiary/aromatic N) is 1. The summed E-state index contributed by atoms with van der Waals surface area (Å²) in [5, 5.41) is 9.31. The highest BCUT2D eigenvalue weighted by molar-refractivity contribution is 5.80. The van der Waals surface area contributed by atoms with Crippen molar-refractivity contribution in [2.24, 2.45) is 5.73 Å². The summed E-state index contributed by atoms with van der Waals surface area (Å²) in [6.07, 6.45) is 1.60. The first kappa shape index (κ1) is 9.48. The van der Waals surface area contributed by atoms with E-state index in [9.17, 15) is 9.90 Å². The number of hydrogen-bond acceptors (Lipinski definition) is 3. The highest BCUT2D eigenvalue weighted by Crippen LogP contribution is 2.09. The molecule has 1 amide bonds. The van der Waals surface area contributed by atoms with Gasteiger partial charge in [0.1, 0.15) is 6.10 Å². The Kier molecular flexibility index (Phi) is 3.49. The van der Waals surface area contributed by atoms with E-state index in [2.05, 4.69) is 0 Å². The van der Waals surface area contributed by atoms with E-state index < -0.39 is 6.10 Å². The Balaban J connectivity index is 2.34. The number of carbonyl (C=O) groups is 1. The summed E-state index contributed by atoms with van der Waals surface area (Å²) < 4.78 is 0. The third-order valence-corrected chi connectivity index (χ3v) is 2.14. The first-order valence-electron chi connectivity index (χ1n) is 4.42. The number of amides is 1. The van der Waals surface area contributed by atoms with Gasteiger partial charge in [0, 0.05) is 13.1 Å². The molecule has 1 heterocycles. The summed E-state index contributed by atoms with van der Waals surface area (Å²) in [5.74, 6) is -0.155. The quantitative estimate of drug-likeness (QED) is 0.592. The van der Waals surface area contributed by atoms with Crippen molar-refractivity contribution >= 4 is 5.91 Å². The summed E-state index contributed by atoms with van der Waals surface area (Å²) in [6.45, 7) is 1.95. The maximum Gasteiger partial charge on any atom is 0.251 e. The van der Waals surface area contributed by atoms with Gasteiger partial charge in [0.2, 0.25) is 0 Å². The Hall–Kier alpha value is -0.610. The van der Waals surface area contributed by atoms with Crippen LogP contribution >= 0.6 is 0 Å². The van der Waals surface area contributed by atoms with Crippen molar-refractivity contribution in [1.29, 1.82) is 0 Å². The molecule has 0 saturated carbocycles. The van der Waals surface area contributed by atoms with Crippen molar-refractivity contribution < 1.29 is 9.90 Å². The molecule has 1 fully saturated rings. The van der Waals surface area contributed by atoms with Gasteiger partial charge in [0.05, 0.1) is 0 Å². The summed E-state index contributed by atoms with van der Waals surface area (Å²) in [7, 11) is 0. The van der Waals surface area contributed by atoms with E-state index >= 15 is 0 Å². The Morgan fingerprint density at radius 3 is 2.58 bits per heavy atom. The van der Waals surface area contributed by atoms with Gasteiger partial charge >= 0.3 is 0 Å². The van der Waals surface area contributed by atoms with Crippen LogP contribution in [0.15, 0.2) is 0 Å². The second-order valence-electron chi connectivity index (χ2n) is 3.13. The highest BCUT2D eigenvalue weighted by Gasteiger charge is 2.23. The fraction of sp³-hybridized carbons (Fsp3) is 0.875. The maximum atomic E-state index is 11.4. The Morgan fingerprint density at radius 1 is 1.50 bits per heavy atom. The SMILES string of the molecule is NCC[C@H](O)C(=O)N1CCCC1. The number of likely N-dealkylation sites (tertiary alicyclic amines) is 1. The molecule has 1 saturated heterocycles. The van der Waals surface area contributed by atoms with E-state index in [1.165, 1.54) is 0 Å². The second-order valence-corrected chi connectivity index (χ2v) is 3.13. The van der Waals surface area contributed by atoms with E-state index in [1.807, 2.05) is 0 Å². The molecule has 1 aliphatic heterocycles. The highest BCUT2D eigenvalue weighted by atomic mass is 16.3. The second kappa shape index (κ2) is 4.42. The van der Waals surface area contributed by atoms with Crippen LogP contribution in [-0.2, 0) is 4.79 Å². The third-order valence-electron chi connectivity index (χ3n) is 2.14. The van der Waals surface area contributed by atoms with Crippen LogP contribution in [0.5, 0.6) is 0 Å². The zero-order valence-electron chi connectivity index (χ0n) is 7.20. The number of aliphatic hydroxyl groups is 1. The zero-order valence-corrected chi connectivity index (χ0v) is 7.20. The molecule has 4 heteroatoms. The molecule has 12 heavy (non-hydrogen) atoms. The van der Waals surface area contributed by atoms with Gasteiger partial charge in [0.25, 0.3) is 5.91 Å². The van der Waals surface area contributed by atoms with Crippen molar-refractivity contribution in [2.75, 3.05) is 19.6 Å². The normalized spacial score (nSPS) is 19.7. The van der Waals surface area contributed by atoms with E-state index in [1.54, 1.807) is 4.90 Å². The summed E-state index contributed by atoms with van der Waals surface area (Å²) >= 11 is 0. The van der Waals surface area contributed by atoms with Gasteiger partial charge in [-0.05, 0) is 25.8 Å². The summed E-state index contributed by atoms with van der Waals surface area (Å²) in [5.41, 5.74) is 5.24. The molecule has 1 rings (SSSR count). The Labute approximate surface area is 72.3 Å². The molecule has 0 aromatic carbocycles. The van der Waals surface area contributed by atoms with Gasteiger partial charge in [-0.25, -0.2) is 0 Å². The predicted octanol–water partition coefficient (Wildman–Crippen LogP) is -0.682. The van der Waals surface area contributed by atoms with Crippen LogP contribution in [-0.4, -0.2) is 41.7 Å². The van der Waals surface area contributed by atoms with Gasteiger partial charge in [-0.2, -0.15) is 0 Å². The number of carbonyl (C=O) groups excluding carboxylic acids is 1. The fourth-order valence-electron chi connectivity index (χ4n) is 1.43. The molecule has 0 unspecified atom stereocenters. The van der Waals surface area contributed by atoms with Crippen LogP contribution in [0.1, 0.15) is 19.3 Å². The molecule has 0 aromatic rings. The van der Waals surface area contributed by atoms with E-state index in [0.717, 1.165) is 25.9 Å². The lowest BCUT2D eigenvalue weighted by Gasteiger charge is -2.18. The molecule has 1 aliphatic rings. The third kappa shape index (κ3) is 2.19. The minimum absolute atomic E-state index is 0.155. The van der Waals surface area contributed by atoms with Gasteiger partial charge in [-0.15, -0.1) is 0 Å². The van der Waals surface area contributed by atoms with Crippen LogP contribution < -0.4 is 5.73 Å². The van der Waals surface area contributed by atoms with E-state index in [-0.39, 0.29) is 5.91 Å². The van der Waals surface area contributed by atoms with Crippen molar-refractivity contribution in [3.8, 4) is 0 Å². The molecule has 0 bridgehead atoms. The van der Waals surface area contributed by atoms with Gasteiger partial charge in [0.15, 0.2) is 0 Å². The summed E-state index contributed by atoms with van der Waals surface area (Å²) in [6, 6.07) is 0. The van der Waals surface area contributed by atoms with E-state index in [4.69, 9.17) is 5.73 Å². The van der Waals surface area contributed by atoms with Gasteiger partial charge in [-0.1, -0.05) is 0 Å². The van der Waals surface area contributed by atoms with Crippen LogP contribution in [0.25, 0.3) is 0 Å². The molecule has 70 valence electrons. The fourth-order valence-corrected chi connectivity index (χ4v) is 1.43. The van der Waals surface area contributed by atoms with Crippen molar-refractivity contribution in [3.63, 3.8) is 0 Å². The number of nitrogens with two attached hydrogens (primary N) is 1. The molecular weight excluding hydrogens is 156 g/mol. The van der Waals surface area contributed by atoms with Crippen LogP contribution in [0, 0.1) is 0 Å². The largest absolute Gasteiger partial charge is 0.383 e. The first-order valence-corrected chi connectivity index (χ1v) is 4.42. The van der Waals surface area contributed by atoms with Gasteiger partial charge < -0.3 is 15.7 Å². The van der Waals surface area contributed by atoms with Crippen molar-refractivity contribution in [3.05, 3.63) is 0 Å². The minimum atomic E-state index is -0.881. The van der Waals surface area contributed by atoms with Crippen molar-refractivity contribution in [1.82, 2.24) is 4.90 Å². The topological polar surface area (TPSA) is 66.6 Å². The predicted molar refractivity (Wildman–Crippen MR) is 45.5 cm³/mol. The molecule has 4 nitrogen and oxygen atoms in total. The number of hydrogen-bond donors (Lipinski definition) is 2. The lowest BCUT2D eigenvalue weighted by Crippen LogP contribution is -2.38. The Morgan fingerprint density at radius 2 is 2.08 bits per heavy atom. The molecule has 0 radical (unpaired) electrons. The Bertz CT molecular complexity index is 155. The van der Waals surface area contributed by atoms with Crippen LogP contribution in [0.4, 0.5) is 0 Å². The lowest BCUT2D eigenvalue weighted by molar-refractivity contribution is -0.139. The van der Waals surface area contributed by atoms with Crippen molar-refractivity contribution in [2.45, 2.75) is 25.4 Å².